The van der Waals surface area contributed by atoms with Gasteiger partial charge in [0.2, 0.25) is 11.8 Å². The van der Waals surface area contributed by atoms with E-state index in [2.05, 4.69) is 33.1 Å². The predicted octanol–water partition coefficient (Wildman–Crippen LogP) is 4.80. The van der Waals surface area contributed by atoms with Crippen molar-refractivity contribution in [1.82, 2.24) is 19.7 Å². The van der Waals surface area contributed by atoms with Gasteiger partial charge in [0.05, 0.1) is 11.8 Å². The van der Waals surface area contributed by atoms with Gasteiger partial charge in [-0.1, -0.05) is 67.6 Å². The second-order valence-corrected chi connectivity index (χ2v) is 9.65. The third-order valence-electron chi connectivity index (χ3n) is 5.50. The Hall–Kier alpha value is -3.13. The van der Waals surface area contributed by atoms with Gasteiger partial charge in [0.25, 0.3) is 0 Å². The van der Waals surface area contributed by atoms with Crippen LogP contribution >= 0.6 is 11.8 Å². The van der Waals surface area contributed by atoms with Crippen LogP contribution < -0.4 is 5.32 Å². The Morgan fingerprint density at radius 2 is 1.88 bits per heavy atom. The third kappa shape index (κ3) is 6.26. The number of benzene rings is 2. The number of aryl methyl sites for hydroxylation is 2. The van der Waals surface area contributed by atoms with Gasteiger partial charge in [-0.05, 0) is 44.4 Å². The summed E-state index contributed by atoms with van der Waals surface area (Å²) in [5.41, 5.74) is 4.01. The van der Waals surface area contributed by atoms with Crippen LogP contribution in [0.3, 0.4) is 0 Å². The fourth-order valence-electron chi connectivity index (χ4n) is 3.75. The summed E-state index contributed by atoms with van der Waals surface area (Å²) < 4.78 is 2.07. The van der Waals surface area contributed by atoms with E-state index < -0.39 is 5.25 Å². The summed E-state index contributed by atoms with van der Waals surface area (Å²) in [5, 5.41) is 12.0. The number of likely N-dealkylation sites (N-methyl/N-ethyl adjacent to an activating group) is 1. The van der Waals surface area contributed by atoms with Crippen LogP contribution in [0.5, 0.6) is 0 Å². The first-order valence-corrected chi connectivity index (χ1v) is 12.5. The minimum Gasteiger partial charge on any atom is -0.335 e. The van der Waals surface area contributed by atoms with E-state index in [4.69, 9.17) is 0 Å². The number of carbonyl (C=O) groups excluding carboxylic acids is 2. The number of carbonyl (C=O) groups is 2. The number of hydrogen-bond donors (Lipinski definition) is 1. The van der Waals surface area contributed by atoms with E-state index in [1.165, 1.54) is 16.7 Å². The van der Waals surface area contributed by atoms with Crippen molar-refractivity contribution in [2.75, 3.05) is 18.9 Å². The molecule has 0 bridgehead atoms. The largest absolute Gasteiger partial charge is 0.335 e. The number of hydrogen-bond acceptors (Lipinski definition) is 5. The molecule has 2 aromatic carbocycles. The van der Waals surface area contributed by atoms with Crippen LogP contribution in [-0.4, -0.2) is 50.3 Å². The first-order chi connectivity index (χ1) is 16.3. The molecule has 1 unspecified atom stereocenters. The zero-order valence-corrected chi connectivity index (χ0v) is 21.4. The van der Waals surface area contributed by atoms with Gasteiger partial charge in [0.1, 0.15) is 0 Å². The lowest BCUT2D eigenvalue weighted by atomic mass is 10.1. The summed E-state index contributed by atoms with van der Waals surface area (Å²) >= 11 is 1.37. The SMILES string of the molecule is CCCn1c(SC(C)C(=O)N(C)CC(=O)Nc2ccccc2CC)nnc1-c1cccc(C)c1. The number of amides is 2. The standard InChI is InChI=1S/C26H33N5O2S/c1-6-15-31-24(21-13-10-11-18(3)16-21)28-29-26(31)34-19(4)25(33)30(5)17-23(32)27-22-14-9-8-12-20(22)7-2/h8-14,16,19H,6-7,15,17H2,1-5H3,(H,27,32). The van der Waals surface area contributed by atoms with Crippen LogP contribution in [0.2, 0.25) is 0 Å². The molecule has 0 saturated carbocycles. The van der Waals surface area contributed by atoms with Crippen molar-refractivity contribution in [1.29, 1.82) is 0 Å². The lowest BCUT2D eigenvalue weighted by molar-refractivity contribution is -0.132. The molecule has 3 aromatic rings. The molecule has 1 heterocycles. The molecule has 0 fully saturated rings. The van der Waals surface area contributed by atoms with Gasteiger partial charge in [0, 0.05) is 24.8 Å². The van der Waals surface area contributed by atoms with Gasteiger partial charge < -0.3 is 14.8 Å². The number of nitrogens with zero attached hydrogens (tertiary/aromatic N) is 4. The van der Waals surface area contributed by atoms with E-state index >= 15 is 0 Å². The number of rotatable bonds is 10. The Bertz CT molecular complexity index is 1140. The van der Waals surface area contributed by atoms with Crippen LogP contribution in [0.4, 0.5) is 5.69 Å². The molecule has 7 nitrogen and oxygen atoms in total. The molecule has 0 radical (unpaired) electrons. The van der Waals surface area contributed by atoms with Crippen molar-refractivity contribution in [2.24, 2.45) is 0 Å². The smallest absolute Gasteiger partial charge is 0.243 e. The minimum absolute atomic E-state index is 0.0159. The van der Waals surface area contributed by atoms with E-state index in [9.17, 15) is 9.59 Å². The van der Waals surface area contributed by atoms with E-state index in [1.54, 1.807) is 7.05 Å². The van der Waals surface area contributed by atoms with Gasteiger partial charge >= 0.3 is 0 Å². The zero-order valence-electron chi connectivity index (χ0n) is 20.5. The molecule has 8 heteroatoms. The molecule has 34 heavy (non-hydrogen) atoms. The molecule has 1 N–H and O–H groups in total. The van der Waals surface area contributed by atoms with Crippen LogP contribution in [-0.2, 0) is 22.6 Å². The molecule has 0 aliphatic rings. The van der Waals surface area contributed by atoms with Gasteiger partial charge in [-0.2, -0.15) is 0 Å². The highest BCUT2D eigenvalue weighted by Gasteiger charge is 2.24. The monoisotopic (exact) mass is 479 g/mol. The highest BCUT2D eigenvalue weighted by atomic mass is 32.2. The second kappa shape index (κ2) is 11.8. The van der Waals surface area contributed by atoms with Crippen molar-refractivity contribution in [2.45, 2.75) is 57.5 Å². The van der Waals surface area contributed by atoms with E-state index in [1.807, 2.05) is 63.2 Å². The molecule has 0 spiro atoms. The maximum absolute atomic E-state index is 13.0. The van der Waals surface area contributed by atoms with E-state index in [-0.39, 0.29) is 18.4 Å². The van der Waals surface area contributed by atoms with E-state index in [0.717, 1.165) is 47.6 Å². The highest BCUT2D eigenvalue weighted by molar-refractivity contribution is 8.00. The van der Waals surface area contributed by atoms with Gasteiger partial charge in [-0.15, -0.1) is 10.2 Å². The van der Waals surface area contributed by atoms with Crippen LogP contribution in [0, 0.1) is 6.92 Å². The van der Waals surface area contributed by atoms with Crippen LogP contribution in [0.15, 0.2) is 53.7 Å². The lowest BCUT2D eigenvalue weighted by Gasteiger charge is -2.21. The van der Waals surface area contributed by atoms with E-state index in [0.29, 0.717) is 5.16 Å². The molecule has 3 rings (SSSR count). The quantitative estimate of drug-likeness (QED) is 0.422. The third-order valence-corrected chi connectivity index (χ3v) is 6.57. The summed E-state index contributed by atoms with van der Waals surface area (Å²) in [5.74, 6) is 0.451. The first kappa shape index (κ1) is 25.5. The average molecular weight is 480 g/mol. The van der Waals surface area contributed by atoms with Gasteiger partial charge in [-0.3, -0.25) is 9.59 Å². The molecule has 1 atom stereocenters. The predicted molar refractivity (Wildman–Crippen MR) is 138 cm³/mol. The van der Waals surface area contributed by atoms with Crippen LogP contribution in [0.25, 0.3) is 11.4 Å². The van der Waals surface area contributed by atoms with Crippen molar-refractivity contribution in [3.8, 4) is 11.4 Å². The van der Waals surface area contributed by atoms with Crippen molar-refractivity contribution < 1.29 is 9.59 Å². The van der Waals surface area contributed by atoms with Gasteiger partial charge in [-0.25, -0.2) is 0 Å². The Kier molecular flexibility index (Phi) is 8.87. The van der Waals surface area contributed by atoms with Gasteiger partial charge in [0.15, 0.2) is 11.0 Å². The highest BCUT2D eigenvalue weighted by Crippen LogP contribution is 2.28. The first-order valence-electron chi connectivity index (χ1n) is 11.6. The number of anilines is 1. The maximum atomic E-state index is 13.0. The molecule has 180 valence electrons. The lowest BCUT2D eigenvalue weighted by Crippen LogP contribution is -2.39. The van der Waals surface area contributed by atoms with Crippen molar-refractivity contribution in [3.05, 3.63) is 59.7 Å². The summed E-state index contributed by atoms with van der Waals surface area (Å²) in [6.07, 6.45) is 1.74. The molecule has 0 saturated heterocycles. The number of thioether (sulfide) groups is 1. The summed E-state index contributed by atoms with van der Waals surface area (Å²) in [6, 6.07) is 15.9. The molecular formula is C26H33N5O2S. The Balaban J connectivity index is 1.67. The maximum Gasteiger partial charge on any atom is 0.243 e. The minimum atomic E-state index is -0.411. The molecular weight excluding hydrogens is 446 g/mol. The number of para-hydroxylation sites is 1. The Morgan fingerprint density at radius 3 is 2.59 bits per heavy atom. The molecule has 2 amide bonds. The normalized spacial score (nSPS) is 11.8. The second-order valence-electron chi connectivity index (χ2n) is 8.34. The molecule has 0 aliphatic heterocycles. The topological polar surface area (TPSA) is 80.1 Å². The Morgan fingerprint density at radius 1 is 1.12 bits per heavy atom. The number of nitrogens with one attached hydrogen (secondary N) is 1. The van der Waals surface area contributed by atoms with Crippen molar-refractivity contribution in [3.63, 3.8) is 0 Å². The van der Waals surface area contributed by atoms with Crippen molar-refractivity contribution >= 4 is 29.3 Å². The van der Waals surface area contributed by atoms with Crippen LogP contribution in [0.1, 0.15) is 38.3 Å². The Labute approximate surface area is 206 Å². The average Bonchev–Trinajstić information content (AvgIpc) is 3.21. The molecule has 1 aromatic heterocycles. The summed E-state index contributed by atoms with van der Waals surface area (Å²) in [4.78, 5) is 27.0. The molecule has 0 aliphatic carbocycles. The fourth-order valence-corrected chi connectivity index (χ4v) is 4.74. The fraction of sp³-hybridized carbons (Fsp3) is 0.385. The summed E-state index contributed by atoms with van der Waals surface area (Å²) in [7, 11) is 1.65. The zero-order chi connectivity index (χ0) is 24.7. The summed E-state index contributed by atoms with van der Waals surface area (Å²) in [6.45, 7) is 8.78. The number of aromatic nitrogens is 3.